The zero-order valence-electron chi connectivity index (χ0n) is 15.9. The number of nitrogens with one attached hydrogen (secondary N) is 1. The number of halogens is 1. The number of hydrogen-bond donors (Lipinski definition) is 1. The molecule has 4 nitrogen and oxygen atoms in total. The maximum Gasteiger partial charge on any atom is 0.278 e. The second-order valence-corrected chi connectivity index (χ2v) is 7.67. The highest BCUT2D eigenvalue weighted by atomic mass is 35.5. The number of rotatable bonds is 5. The van der Waals surface area contributed by atoms with Gasteiger partial charge in [-0.25, -0.2) is 0 Å². The predicted octanol–water partition coefficient (Wildman–Crippen LogP) is 5.06. The van der Waals surface area contributed by atoms with Crippen molar-refractivity contribution in [3.05, 3.63) is 70.4 Å². The van der Waals surface area contributed by atoms with Gasteiger partial charge in [0.15, 0.2) is 0 Å². The largest absolute Gasteiger partial charge is 0.350 e. The Morgan fingerprint density at radius 3 is 1.96 bits per heavy atom. The van der Waals surface area contributed by atoms with Crippen molar-refractivity contribution < 1.29 is 9.59 Å². The highest BCUT2D eigenvalue weighted by Crippen LogP contribution is 2.32. The van der Waals surface area contributed by atoms with Gasteiger partial charge in [0.1, 0.15) is 5.70 Å². The molecule has 140 valence electrons. The molecule has 0 atom stereocenters. The van der Waals surface area contributed by atoms with E-state index >= 15 is 0 Å². The van der Waals surface area contributed by atoms with E-state index in [9.17, 15) is 9.59 Å². The second-order valence-electron chi connectivity index (χ2n) is 7.23. The Bertz CT molecular complexity index is 897. The third-order valence-corrected chi connectivity index (χ3v) is 4.86. The van der Waals surface area contributed by atoms with Gasteiger partial charge in [0.05, 0.1) is 5.57 Å². The van der Waals surface area contributed by atoms with Gasteiger partial charge in [-0.1, -0.05) is 49.7 Å². The van der Waals surface area contributed by atoms with Gasteiger partial charge in [0.25, 0.3) is 11.8 Å². The number of anilines is 1. The van der Waals surface area contributed by atoms with E-state index in [-0.39, 0.29) is 17.9 Å². The Morgan fingerprint density at radius 2 is 1.44 bits per heavy atom. The van der Waals surface area contributed by atoms with Crippen molar-refractivity contribution in [3.8, 4) is 0 Å². The van der Waals surface area contributed by atoms with Gasteiger partial charge in [-0.15, -0.1) is 0 Å². The zero-order chi connectivity index (χ0) is 19.7. The van der Waals surface area contributed by atoms with E-state index in [1.165, 1.54) is 10.5 Å². The molecule has 0 radical (unpaired) electrons. The summed E-state index contributed by atoms with van der Waals surface area (Å²) < 4.78 is 0. The molecule has 0 saturated heterocycles. The first kappa shape index (κ1) is 19.2. The molecule has 2 amide bonds. The molecule has 1 aliphatic heterocycles. The summed E-state index contributed by atoms with van der Waals surface area (Å²) in [5.74, 6) is -0.180. The molecule has 1 aliphatic rings. The van der Waals surface area contributed by atoms with Crippen LogP contribution in [0.1, 0.15) is 44.7 Å². The van der Waals surface area contributed by atoms with Crippen LogP contribution in [0.25, 0.3) is 5.57 Å². The van der Waals surface area contributed by atoms with Crippen LogP contribution in [-0.4, -0.2) is 22.8 Å². The molecule has 3 rings (SSSR count). The van der Waals surface area contributed by atoms with Crippen molar-refractivity contribution in [1.29, 1.82) is 0 Å². The van der Waals surface area contributed by atoms with Crippen molar-refractivity contribution in [2.45, 2.75) is 39.7 Å². The van der Waals surface area contributed by atoms with E-state index < -0.39 is 0 Å². The van der Waals surface area contributed by atoms with Crippen molar-refractivity contribution in [2.24, 2.45) is 0 Å². The van der Waals surface area contributed by atoms with Crippen molar-refractivity contribution in [3.63, 3.8) is 0 Å². The van der Waals surface area contributed by atoms with Crippen LogP contribution in [-0.2, 0) is 9.59 Å². The molecule has 0 aliphatic carbocycles. The van der Waals surface area contributed by atoms with E-state index in [0.717, 1.165) is 5.69 Å². The molecule has 2 aromatic rings. The van der Waals surface area contributed by atoms with E-state index in [1.807, 2.05) is 38.1 Å². The molecule has 0 saturated carbocycles. The maximum atomic E-state index is 13.0. The van der Waals surface area contributed by atoms with Crippen LogP contribution in [0.3, 0.4) is 0 Å². The molecule has 27 heavy (non-hydrogen) atoms. The van der Waals surface area contributed by atoms with Crippen molar-refractivity contribution in [1.82, 2.24) is 4.90 Å². The van der Waals surface area contributed by atoms with Gasteiger partial charge in [-0.05, 0) is 55.2 Å². The minimum atomic E-state index is -0.312. The van der Waals surface area contributed by atoms with Gasteiger partial charge < -0.3 is 5.32 Å². The van der Waals surface area contributed by atoms with Gasteiger partial charge in [0, 0.05) is 16.8 Å². The fraction of sp³-hybridized carbons (Fsp3) is 0.273. The van der Waals surface area contributed by atoms with E-state index in [4.69, 9.17) is 11.6 Å². The van der Waals surface area contributed by atoms with Crippen molar-refractivity contribution in [2.75, 3.05) is 5.32 Å². The van der Waals surface area contributed by atoms with Crippen LogP contribution in [0, 0.1) is 0 Å². The third-order valence-electron chi connectivity index (χ3n) is 4.61. The summed E-state index contributed by atoms with van der Waals surface area (Å²) in [7, 11) is 0. The first-order chi connectivity index (χ1) is 12.8. The van der Waals surface area contributed by atoms with Gasteiger partial charge in [0.2, 0.25) is 0 Å². The van der Waals surface area contributed by atoms with Crippen LogP contribution < -0.4 is 5.32 Å². The lowest BCUT2D eigenvalue weighted by Crippen LogP contribution is -2.38. The Hall–Kier alpha value is -2.59. The predicted molar refractivity (Wildman–Crippen MR) is 110 cm³/mol. The number of benzene rings is 2. The number of hydrogen-bond acceptors (Lipinski definition) is 3. The van der Waals surface area contributed by atoms with Gasteiger partial charge in [-0.2, -0.15) is 0 Å². The summed E-state index contributed by atoms with van der Waals surface area (Å²) in [6, 6.07) is 14.6. The summed E-state index contributed by atoms with van der Waals surface area (Å²) in [4.78, 5) is 27.2. The average molecular weight is 383 g/mol. The quantitative estimate of drug-likeness (QED) is 0.735. The van der Waals surface area contributed by atoms with Crippen LogP contribution in [0.4, 0.5) is 5.69 Å². The Kier molecular flexibility index (Phi) is 5.38. The molecular weight excluding hydrogens is 360 g/mol. The van der Waals surface area contributed by atoms with Crippen LogP contribution in [0.2, 0.25) is 5.02 Å². The molecule has 0 aromatic heterocycles. The number of carbonyl (C=O) groups excluding carboxylic acids is 2. The van der Waals surface area contributed by atoms with Crippen LogP contribution in [0.5, 0.6) is 0 Å². The summed E-state index contributed by atoms with van der Waals surface area (Å²) in [6.45, 7) is 7.91. The fourth-order valence-corrected chi connectivity index (χ4v) is 3.24. The van der Waals surface area contributed by atoms with E-state index in [2.05, 4.69) is 19.2 Å². The molecule has 1 heterocycles. The molecule has 5 heteroatoms. The lowest BCUT2D eigenvalue weighted by Gasteiger charge is -2.19. The molecule has 0 unspecified atom stereocenters. The maximum absolute atomic E-state index is 13.0. The van der Waals surface area contributed by atoms with Crippen LogP contribution >= 0.6 is 11.6 Å². The molecule has 2 aromatic carbocycles. The topological polar surface area (TPSA) is 49.4 Å². The van der Waals surface area contributed by atoms with Crippen LogP contribution in [0.15, 0.2) is 54.2 Å². The van der Waals surface area contributed by atoms with Gasteiger partial charge >= 0.3 is 0 Å². The monoisotopic (exact) mass is 382 g/mol. The average Bonchev–Trinajstić information content (AvgIpc) is 2.86. The minimum Gasteiger partial charge on any atom is -0.350 e. The first-order valence-electron chi connectivity index (χ1n) is 9.04. The fourth-order valence-electron chi connectivity index (χ4n) is 3.11. The minimum absolute atomic E-state index is 0.227. The lowest BCUT2D eigenvalue weighted by molar-refractivity contribution is -0.138. The molecule has 0 spiro atoms. The molecule has 0 fully saturated rings. The normalized spacial score (nSPS) is 14.7. The zero-order valence-corrected chi connectivity index (χ0v) is 16.7. The van der Waals surface area contributed by atoms with E-state index in [1.54, 1.807) is 24.3 Å². The van der Waals surface area contributed by atoms with E-state index in [0.29, 0.717) is 27.8 Å². The SMILES string of the molecule is CC(C)c1ccc(NC2=C(c3ccc(Cl)cc3)C(=O)N(C(C)C)C2=O)cc1. The van der Waals surface area contributed by atoms with Crippen molar-refractivity contribution >= 4 is 34.7 Å². The number of imide groups is 1. The standard InChI is InChI=1S/C22H23ClN2O2/c1-13(2)15-7-11-18(12-8-15)24-20-19(16-5-9-17(23)10-6-16)21(26)25(14(3)4)22(20)27/h5-14,24H,1-4H3. The summed E-state index contributed by atoms with van der Waals surface area (Å²) in [6.07, 6.45) is 0. The Morgan fingerprint density at radius 1 is 0.852 bits per heavy atom. The Labute approximate surface area is 164 Å². The molecule has 0 bridgehead atoms. The summed E-state index contributed by atoms with van der Waals surface area (Å²) >= 11 is 5.98. The number of nitrogens with zero attached hydrogens (tertiary/aromatic N) is 1. The van der Waals surface area contributed by atoms with Gasteiger partial charge in [-0.3, -0.25) is 14.5 Å². The number of carbonyl (C=O) groups is 2. The second kappa shape index (κ2) is 7.57. The molecular formula is C22H23ClN2O2. The summed E-state index contributed by atoms with van der Waals surface area (Å²) in [5, 5.41) is 3.75. The smallest absolute Gasteiger partial charge is 0.278 e. The number of amides is 2. The first-order valence-corrected chi connectivity index (χ1v) is 9.42. The highest BCUT2D eigenvalue weighted by Gasteiger charge is 2.40. The Balaban J connectivity index is 2.04. The highest BCUT2D eigenvalue weighted by molar-refractivity contribution is 6.37. The third kappa shape index (κ3) is 3.76. The summed E-state index contributed by atoms with van der Waals surface area (Å²) in [5.41, 5.74) is 3.33. The lowest BCUT2D eigenvalue weighted by atomic mass is 10.0. The molecule has 1 N–H and O–H groups in total.